The van der Waals surface area contributed by atoms with Crippen LogP contribution in [0.5, 0.6) is 0 Å². The topological polar surface area (TPSA) is 77.0 Å². The summed E-state index contributed by atoms with van der Waals surface area (Å²) in [5, 5.41) is 17.8. The Bertz CT molecular complexity index is 493. The Balaban J connectivity index is 2.14. The van der Waals surface area contributed by atoms with Gasteiger partial charge < -0.3 is 16.0 Å². The highest BCUT2D eigenvalue weighted by Gasteiger charge is 2.17. The minimum atomic E-state index is -0.402. The molecule has 1 saturated heterocycles. The lowest BCUT2D eigenvalue weighted by molar-refractivity contribution is -0.112. The molecule has 0 aromatic heterocycles. The number of carbonyl (C=O) groups excluding carboxylic acids is 1. The number of nitriles is 1. The molecule has 1 heterocycles. The van der Waals surface area contributed by atoms with Crippen molar-refractivity contribution >= 4 is 11.6 Å². The van der Waals surface area contributed by atoms with Gasteiger partial charge in [-0.15, -0.1) is 0 Å². The molecule has 0 spiro atoms. The van der Waals surface area contributed by atoms with Crippen molar-refractivity contribution in [3.63, 3.8) is 0 Å². The van der Waals surface area contributed by atoms with Crippen molar-refractivity contribution in [3.8, 4) is 6.07 Å². The summed E-state index contributed by atoms with van der Waals surface area (Å²) in [6.45, 7) is 1.54. The molecule has 1 aliphatic rings. The molecular formula is C13H14N4O. The number of hydrogen-bond donors (Lipinski definition) is 3. The van der Waals surface area contributed by atoms with E-state index in [1.807, 2.05) is 24.3 Å². The maximum atomic E-state index is 12.0. The van der Waals surface area contributed by atoms with Crippen LogP contribution < -0.4 is 16.0 Å². The Hall–Kier alpha value is -2.48. The van der Waals surface area contributed by atoms with Gasteiger partial charge in [-0.3, -0.25) is 4.79 Å². The summed E-state index contributed by atoms with van der Waals surface area (Å²) in [4.78, 5) is 12.0. The van der Waals surface area contributed by atoms with Gasteiger partial charge in [-0.2, -0.15) is 5.26 Å². The lowest BCUT2D eigenvalue weighted by Gasteiger charge is -2.20. The predicted molar refractivity (Wildman–Crippen MR) is 68.3 cm³/mol. The molecular weight excluding hydrogens is 228 g/mol. The average molecular weight is 242 g/mol. The summed E-state index contributed by atoms with van der Waals surface area (Å²) in [6.07, 6.45) is 0.975. The van der Waals surface area contributed by atoms with E-state index < -0.39 is 5.91 Å². The van der Waals surface area contributed by atoms with Gasteiger partial charge in [0.05, 0.1) is 0 Å². The highest BCUT2D eigenvalue weighted by Crippen LogP contribution is 2.09. The van der Waals surface area contributed by atoms with Crippen molar-refractivity contribution in [3.05, 3.63) is 41.7 Å². The van der Waals surface area contributed by atoms with E-state index in [0.717, 1.165) is 19.5 Å². The normalized spacial score (nSPS) is 13.8. The second kappa shape index (κ2) is 5.73. The number of benzene rings is 1. The maximum absolute atomic E-state index is 12.0. The van der Waals surface area contributed by atoms with Crippen molar-refractivity contribution in [2.75, 3.05) is 18.4 Å². The molecule has 1 aliphatic heterocycles. The van der Waals surface area contributed by atoms with Crippen LogP contribution in [0.3, 0.4) is 0 Å². The van der Waals surface area contributed by atoms with Crippen molar-refractivity contribution in [1.29, 1.82) is 5.26 Å². The van der Waals surface area contributed by atoms with Crippen LogP contribution >= 0.6 is 0 Å². The van der Waals surface area contributed by atoms with E-state index >= 15 is 0 Å². The fourth-order valence-electron chi connectivity index (χ4n) is 1.69. The number of hydrogen-bond acceptors (Lipinski definition) is 4. The van der Waals surface area contributed by atoms with E-state index in [0.29, 0.717) is 11.5 Å². The van der Waals surface area contributed by atoms with Gasteiger partial charge in [0, 0.05) is 18.8 Å². The molecule has 0 bridgehead atoms. The zero-order chi connectivity index (χ0) is 12.8. The molecule has 0 unspecified atom stereocenters. The third-order valence-corrected chi connectivity index (χ3v) is 2.58. The maximum Gasteiger partial charge on any atom is 0.270 e. The number of nitrogens with one attached hydrogen (secondary N) is 3. The zero-order valence-electron chi connectivity index (χ0n) is 9.86. The number of carbonyl (C=O) groups is 1. The van der Waals surface area contributed by atoms with E-state index in [4.69, 9.17) is 5.26 Å². The minimum Gasteiger partial charge on any atom is -0.371 e. The lowest BCUT2D eigenvalue weighted by Crippen LogP contribution is -2.38. The molecule has 5 heteroatoms. The van der Waals surface area contributed by atoms with E-state index in [9.17, 15) is 4.79 Å². The third kappa shape index (κ3) is 2.80. The zero-order valence-corrected chi connectivity index (χ0v) is 9.86. The molecule has 1 amide bonds. The van der Waals surface area contributed by atoms with Crippen molar-refractivity contribution < 1.29 is 4.79 Å². The van der Waals surface area contributed by atoms with E-state index in [1.54, 1.807) is 12.1 Å². The Morgan fingerprint density at radius 2 is 1.89 bits per heavy atom. The summed E-state index contributed by atoms with van der Waals surface area (Å²) in [5.41, 5.74) is 0.755. The van der Waals surface area contributed by atoms with Crippen LogP contribution in [0.2, 0.25) is 0 Å². The predicted octanol–water partition coefficient (Wildman–Crippen LogP) is 0.943. The van der Waals surface area contributed by atoms with Crippen molar-refractivity contribution in [1.82, 2.24) is 10.6 Å². The van der Waals surface area contributed by atoms with Gasteiger partial charge in [-0.05, 0) is 18.6 Å². The standard InChI is InChI=1S/C13H14N4O/c14-9-11(12-15-7-4-8-16-12)13(18)17-10-5-2-1-3-6-10/h1-3,5-6,15-16H,4,7-8H2,(H,17,18). The largest absolute Gasteiger partial charge is 0.371 e. The van der Waals surface area contributed by atoms with Crippen molar-refractivity contribution in [2.45, 2.75) is 6.42 Å². The monoisotopic (exact) mass is 242 g/mol. The van der Waals surface area contributed by atoms with Gasteiger partial charge >= 0.3 is 0 Å². The smallest absolute Gasteiger partial charge is 0.270 e. The minimum absolute atomic E-state index is 0.0820. The van der Waals surface area contributed by atoms with Crippen LogP contribution in [0.15, 0.2) is 41.7 Å². The first kappa shape index (κ1) is 12.0. The Kier molecular flexibility index (Phi) is 3.82. The van der Waals surface area contributed by atoms with Crippen molar-refractivity contribution in [2.24, 2.45) is 0 Å². The fraction of sp³-hybridized carbons (Fsp3) is 0.231. The first-order valence-electron chi connectivity index (χ1n) is 5.80. The highest BCUT2D eigenvalue weighted by molar-refractivity contribution is 6.07. The molecule has 5 nitrogen and oxygen atoms in total. The molecule has 1 aromatic carbocycles. The van der Waals surface area contributed by atoms with Gasteiger partial charge in [0.1, 0.15) is 11.9 Å². The second-order valence-electron chi connectivity index (χ2n) is 3.89. The number of amides is 1. The first-order chi connectivity index (χ1) is 8.81. The number of rotatable bonds is 2. The van der Waals surface area contributed by atoms with Gasteiger partial charge in [0.2, 0.25) is 0 Å². The van der Waals surface area contributed by atoms with Crippen LogP contribution in [0, 0.1) is 11.3 Å². The van der Waals surface area contributed by atoms with Gasteiger partial charge in [-0.25, -0.2) is 0 Å². The summed E-state index contributed by atoms with van der Waals surface area (Å²) >= 11 is 0. The fourth-order valence-corrected chi connectivity index (χ4v) is 1.69. The van der Waals surface area contributed by atoms with Crippen LogP contribution in [0.25, 0.3) is 0 Å². The van der Waals surface area contributed by atoms with Crippen LogP contribution in [0.4, 0.5) is 5.69 Å². The second-order valence-corrected chi connectivity index (χ2v) is 3.89. The lowest BCUT2D eigenvalue weighted by atomic mass is 10.2. The summed E-state index contributed by atoms with van der Waals surface area (Å²) < 4.78 is 0. The van der Waals surface area contributed by atoms with Crippen LogP contribution in [-0.4, -0.2) is 19.0 Å². The van der Waals surface area contributed by atoms with E-state index in [2.05, 4.69) is 16.0 Å². The molecule has 18 heavy (non-hydrogen) atoms. The molecule has 0 aliphatic carbocycles. The summed E-state index contributed by atoms with van der Waals surface area (Å²) in [6, 6.07) is 11.0. The van der Waals surface area contributed by atoms with Crippen LogP contribution in [-0.2, 0) is 4.79 Å². The quantitative estimate of drug-likeness (QED) is 0.533. The molecule has 1 aromatic rings. The summed E-state index contributed by atoms with van der Waals surface area (Å²) in [5.74, 6) is 0.109. The molecule has 92 valence electrons. The SMILES string of the molecule is N#CC(C(=O)Nc1ccccc1)=C1NCCCN1. The van der Waals surface area contributed by atoms with Gasteiger partial charge in [-0.1, -0.05) is 18.2 Å². The number of anilines is 1. The van der Waals surface area contributed by atoms with Crippen LogP contribution in [0.1, 0.15) is 6.42 Å². The molecule has 0 saturated carbocycles. The van der Waals surface area contributed by atoms with E-state index in [1.165, 1.54) is 0 Å². The number of para-hydroxylation sites is 1. The third-order valence-electron chi connectivity index (χ3n) is 2.58. The molecule has 0 atom stereocenters. The summed E-state index contributed by atoms with van der Waals surface area (Å²) in [7, 11) is 0. The Morgan fingerprint density at radius 1 is 1.22 bits per heavy atom. The molecule has 1 fully saturated rings. The molecule has 0 radical (unpaired) electrons. The average Bonchev–Trinajstić information content (AvgIpc) is 2.42. The van der Waals surface area contributed by atoms with E-state index in [-0.39, 0.29) is 5.57 Å². The first-order valence-corrected chi connectivity index (χ1v) is 5.80. The van der Waals surface area contributed by atoms with Gasteiger partial charge in [0.25, 0.3) is 5.91 Å². The highest BCUT2D eigenvalue weighted by atomic mass is 16.1. The molecule has 2 rings (SSSR count). The Morgan fingerprint density at radius 3 is 2.50 bits per heavy atom. The number of nitrogens with zero attached hydrogens (tertiary/aromatic N) is 1. The molecule has 3 N–H and O–H groups in total. The Labute approximate surface area is 105 Å². The van der Waals surface area contributed by atoms with Gasteiger partial charge in [0.15, 0.2) is 5.57 Å².